The van der Waals surface area contributed by atoms with Gasteiger partial charge in [-0.1, -0.05) is 29.3 Å². The lowest BCUT2D eigenvalue weighted by atomic mass is 10.1. The number of hydrogen-bond acceptors (Lipinski definition) is 1. The zero-order valence-electron chi connectivity index (χ0n) is 9.81. The van der Waals surface area contributed by atoms with Crippen molar-refractivity contribution in [2.75, 3.05) is 5.32 Å². The van der Waals surface area contributed by atoms with Gasteiger partial charge in [-0.2, -0.15) is 0 Å². The van der Waals surface area contributed by atoms with Crippen LogP contribution in [0.2, 0.25) is 5.02 Å². The Balaban J connectivity index is 2.13. The lowest BCUT2D eigenvalue weighted by Gasteiger charge is -2.09. The van der Waals surface area contributed by atoms with Crippen LogP contribution in [0.4, 0.5) is 14.5 Å². The van der Waals surface area contributed by atoms with Crippen LogP contribution in [0.3, 0.4) is 0 Å². The van der Waals surface area contributed by atoms with Gasteiger partial charge in [0.25, 0.3) is 0 Å². The van der Waals surface area contributed by atoms with Crippen LogP contribution in [0, 0.1) is 18.6 Å². The Bertz CT molecular complexity index is 549. The average Bonchev–Trinajstić information content (AvgIpc) is 2.29. The molecular formula is C14H12ClF2N. The summed E-state index contributed by atoms with van der Waals surface area (Å²) in [5, 5.41) is 3.25. The molecule has 1 nitrogen and oxygen atoms in total. The predicted octanol–water partition coefficient (Wildman–Crippen LogP) is 4.54. The summed E-state index contributed by atoms with van der Waals surface area (Å²) in [5.74, 6) is -0.703. The average molecular weight is 268 g/mol. The fraction of sp³-hybridized carbons (Fsp3) is 0.143. The fourth-order valence-electron chi connectivity index (χ4n) is 1.69. The van der Waals surface area contributed by atoms with Crippen LogP contribution in [0.25, 0.3) is 0 Å². The van der Waals surface area contributed by atoms with Crippen molar-refractivity contribution < 1.29 is 8.78 Å². The van der Waals surface area contributed by atoms with Gasteiger partial charge in [0.2, 0.25) is 0 Å². The van der Waals surface area contributed by atoms with Gasteiger partial charge in [-0.25, -0.2) is 8.78 Å². The fourth-order valence-corrected chi connectivity index (χ4v) is 1.91. The summed E-state index contributed by atoms with van der Waals surface area (Å²) in [7, 11) is 0. The first-order chi connectivity index (χ1) is 8.54. The molecule has 18 heavy (non-hydrogen) atoms. The number of aryl methyl sites for hydroxylation is 1. The summed E-state index contributed by atoms with van der Waals surface area (Å²) >= 11 is 5.73. The van der Waals surface area contributed by atoms with E-state index in [1.807, 2.05) is 6.92 Å². The monoisotopic (exact) mass is 267 g/mol. The van der Waals surface area contributed by atoms with Gasteiger partial charge in [-0.05, 0) is 31.2 Å². The van der Waals surface area contributed by atoms with Gasteiger partial charge in [0.1, 0.15) is 11.6 Å². The molecule has 0 aliphatic rings. The van der Waals surface area contributed by atoms with E-state index in [9.17, 15) is 8.78 Å². The van der Waals surface area contributed by atoms with E-state index in [2.05, 4.69) is 5.32 Å². The molecule has 0 bridgehead atoms. The number of rotatable bonds is 3. The summed E-state index contributed by atoms with van der Waals surface area (Å²) in [5.41, 5.74) is 2.04. The molecule has 4 heteroatoms. The Morgan fingerprint density at radius 3 is 2.61 bits per heavy atom. The minimum atomic E-state index is -0.422. The number of halogens is 3. The van der Waals surface area contributed by atoms with Crippen LogP contribution in [0.1, 0.15) is 11.1 Å². The number of hydrogen-bond donors (Lipinski definition) is 1. The molecule has 0 atom stereocenters. The van der Waals surface area contributed by atoms with Crippen LogP contribution in [0.15, 0.2) is 36.4 Å². The predicted molar refractivity (Wildman–Crippen MR) is 69.9 cm³/mol. The third-order valence-electron chi connectivity index (χ3n) is 2.55. The van der Waals surface area contributed by atoms with E-state index in [1.54, 1.807) is 18.2 Å². The Kier molecular flexibility index (Phi) is 3.82. The SMILES string of the molecule is Cc1ccc(F)c(CNc2cc(F)cc(Cl)c2)c1. The van der Waals surface area contributed by atoms with Crippen molar-refractivity contribution in [1.82, 2.24) is 0 Å². The lowest BCUT2D eigenvalue weighted by Crippen LogP contribution is -2.02. The quantitative estimate of drug-likeness (QED) is 0.861. The number of nitrogens with one attached hydrogen (secondary N) is 1. The first kappa shape index (κ1) is 12.8. The third-order valence-corrected chi connectivity index (χ3v) is 2.76. The molecule has 0 amide bonds. The molecule has 0 aliphatic carbocycles. The van der Waals surface area contributed by atoms with E-state index in [-0.39, 0.29) is 12.4 Å². The Hall–Kier alpha value is -1.61. The van der Waals surface area contributed by atoms with Crippen LogP contribution in [-0.2, 0) is 6.54 Å². The minimum absolute atomic E-state index is 0.282. The Labute approximate surface area is 109 Å². The van der Waals surface area contributed by atoms with Crippen LogP contribution in [-0.4, -0.2) is 0 Å². The van der Waals surface area contributed by atoms with Gasteiger partial charge in [-0.3, -0.25) is 0 Å². The first-order valence-corrected chi connectivity index (χ1v) is 5.87. The van der Waals surface area contributed by atoms with E-state index in [0.717, 1.165) is 5.56 Å². The highest BCUT2D eigenvalue weighted by Crippen LogP contribution is 2.19. The van der Waals surface area contributed by atoms with Crippen molar-refractivity contribution in [3.8, 4) is 0 Å². The molecule has 0 heterocycles. The normalized spacial score (nSPS) is 10.4. The minimum Gasteiger partial charge on any atom is -0.381 e. The van der Waals surface area contributed by atoms with E-state index in [4.69, 9.17) is 11.6 Å². The molecule has 0 saturated heterocycles. The molecule has 0 aromatic heterocycles. The standard InChI is InChI=1S/C14H12ClF2N/c1-9-2-3-14(17)10(4-9)8-18-13-6-11(15)5-12(16)7-13/h2-7,18H,8H2,1H3. The van der Waals surface area contributed by atoms with Gasteiger partial charge < -0.3 is 5.32 Å². The van der Waals surface area contributed by atoms with E-state index in [1.165, 1.54) is 18.2 Å². The van der Waals surface area contributed by atoms with Crippen molar-refractivity contribution in [2.24, 2.45) is 0 Å². The molecule has 0 aliphatic heterocycles. The van der Waals surface area contributed by atoms with E-state index < -0.39 is 5.82 Å². The summed E-state index contributed by atoms with van der Waals surface area (Å²) in [6, 6.07) is 9.02. The summed E-state index contributed by atoms with van der Waals surface area (Å²) in [6.45, 7) is 2.18. The van der Waals surface area contributed by atoms with Crippen molar-refractivity contribution in [3.63, 3.8) is 0 Å². The van der Waals surface area contributed by atoms with Gasteiger partial charge in [0.05, 0.1) is 0 Å². The second kappa shape index (κ2) is 5.36. The molecule has 0 unspecified atom stereocenters. The molecule has 0 fully saturated rings. The van der Waals surface area contributed by atoms with Gasteiger partial charge >= 0.3 is 0 Å². The summed E-state index contributed by atoms with van der Waals surface area (Å²) < 4.78 is 26.6. The van der Waals surface area contributed by atoms with Gasteiger partial charge in [0.15, 0.2) is 0 Å². The molecule has 2 aromatic rings. The Morgan fingerprint density at radius 2 is 1.89 bits per heavy atom. The number of benzene rings is 2. The third kappa shape index (κ3) is 3.20. The Morgan fingerprint density at radius 1 is 1.11 bits per heavy atom. The lowest BCUT2D eigenvalue weighted by molar-refractivity contribution is 0.612. The van der Waals surface area contributed by atoms with Crippen LogP contribution < -0.4 is 5.32 Å². The maximum absolute atomic E-state index is 13.5. The van der Waals surface area contributed by atoms with E-state index in [0.29, 0.717) is 16.3 Å². The topological polar surface area (TPSA) is 12.0 Å². The second-order valence-corrected chi connectivity index (χ2v) is 4.54. The zero-order chi connectivity index (χ0) is 13.1. The highest BCUT2D eigenvalue weighted by Gasteiger charge is 2.03. The highest BCUT2D eigenvalue weighted by atomic mass is 35.5. The highest BCUT2D eigenvalue weighted by molar-refractivity contribution is 6.30. The maximum atomic E-state index is 13.5. The number of anilines is 1. The van der Waals surface area contributed by atoms with Crippen molar-refractivity contribution in [1.29, 1.82) is 0 Å². The smallest absolute Gasteiger partial charge is 0.128 e. The molecule has 0 spiro atoms. The molecule has 0 saturated carbocycles. The summed E-state index contributed by atoms with van der Waals surface area (Å²) in [4.78, 5) is 0. The van der Waals surface area contributed by atoms with Crippen LogP contribution >= 0.6 is 11.6 Å². The molecule has 2 rings (SSSR count). The molecular weight excluding hydrogens is 256 g/mol. The van der Waals surface area contributed by atoms with Crippen molar-refractivity contribution in [2.45, 2.75) is 13.5 Å². The largest absolute Gasteiger partial charge is 0.381 e. The zero-order valence-corrected chi connectivity index (χ0v) is 10.6. The first-order valence-electron chi connectivity index (χ1n) is 5.49. The van der Waals surface area contributed by atoms with Crippen LogP contribution in [0.5, 0.6) is 0 Å². The molecule has 2 aromatic carbocycles. The second-order valence-electron chi connectivity index (χ2n) is 4.11. The molecule has 94 valence electrons. The molecule has 1 N–H and O–H groups in total. The van der Waals surface area contributed by atoms with Crippen molar-refractivity contribution >= 4 is 17.3 Å². The van der Waals surface area contributed by atoms with E-state index >= 15 is 0 Å². The maximum Gasteiger partial charge on any atom is 0.128 e. The van der Waals surface area contributed by atoms with Gasteiger partial charge in [0, 0.05) is 22.8 Å². The molecule has 0 radical (unpaired) electrons. The van der Waals surface area contributed by atoms with Gasteiger partial charge in [-0.15, -0.1) is 0 Å². The summed E-state index contributed by atoms with van der Waals surface area (Å²) in [6.07, 6.45) is 0. The van der Waals surface area contributed by atoms with Crippen molar-refractivity contribution in [3.05, 3.63) is 64.2 Å².